The summed E-state index contributed by atoms with van der Waals surface area (Å²) in [6.45, 7) is 0.939. The highest BCUT2D eigenvalue weighted by atomic mass is 32.2. The first kappa shape index (κ1) is 19.4. The zero-order valence-corrected chi connectivity index (χ0v) is 16.2. The van der Waals surface area contributed by atoms with E-state index >= 15 is 0 Å². The number of hydrogen-bond donors (Lipinski definition) is 2. The van der Waals surface area contributed by atoms with Crippen LogP contribution < -0.4 is 11.1 Å². The zero-order chi connectivity index (χ0) is 19.4. The Hall–Kier alpha value is -2.36. The van der Waals surface area contributed by atoms with Crippen LogP contribution in [0.2, 0.25) is 0 Å². The summed E-state index contributed by atoms with van der Waals surface area (Å²) in [5.74, 6) is -1.24. The van der Waals surface area contributed by atoms with Gasteiger partial charge in [0.1, 0.15) is 5.00 Å². The summed E-state index contributed by atoms with van der Waals surface area (Å²) in [4.78, 5) is 37.6. The molecule has 1 aliphatic heterocycles. The smallest absolute Gasteiger partial charge is 0.338 e. The minimum absolute atomic E-state index is 0.0747. The summed E-state index contributed by atoms with van der Waals surface area (Å²) in [5, 5.41) is 3.22. The van der Waals surface area contributed by atoms with Gasteiger partial charge in [-0.05, 0) is 24.1 Å². The summed E-state index contributed by atoms with van der Waals surface area (Å²) in [6, 6.07) is 6.91. The maximum Gasteiger partial charge on any atom is 0.338 e. The Morgan fingerprint density at radius 3 is 2.85 bits per heavy atom. The van der Waals surface area contributed by atoms with E-state index in [1.807, 2.05) is 0 Å². The van der Waals surface area contributed by atoms with Crippen LogP contribution >= 0.6 is 23.1 Å². The molecule has 1 aromatic carbocycles. The van der Waals surface area contributed by atoms with E-state index in [0.717, 1.165) is 10.4 Å². The van der Waals surface area contributed by atoms with E-state index in [9.17, 15) is 14.4 Å². The number of ether oxygens (including phenoxy) is 2. The first-order chi connectivity index (χ1) is 13.0. The molecule has 142 valence electrons. The molecule has 9 heteroatoms. The van der Waals surface area contributed by atoms with E-state index in [4.69, 9.17) is 15.2 Å². The molecule has 1 aromatic heterocycles. The molecule has 0 saturated heterocycles. The Morgan fingerprint density at radius 2 is 2.11 bits per heavy atom. The lowest BCUT2D eigenvalue weighted by molar-refractivity contribution is -0.113. The fourth-order valence-corrected chi connectivity index (χ4v) is 4.81. The second kappa shape index (κ2) is 8.55. The molecule has 3 rings (SSSR count). The first-order valence-electron chi connectivity index (χ1n) is 8.13. The lowest BCUT2D eigenvalue weighted by Crippen LogP contribution is -2.20. The molecule has 2 heterocycles. The number of methoxy groups -OCH3 is 1. The van der Waals surface area contributed by atoms with Crippen molar-refractivity contribution < 1.29 is 23.9 Å². The number of carbonyl (C=O) groups excluding carboxylic acids is 3. The van der Waals surface area contributed by atoms with Crippen LogP contribution in [0, 0.1) is 0 Å². The minimum Gasteiger partial charge on any atom is -0.465 e. The van der Waals surface area contributed by atoms with Crippen molar-refractivity contribution in [2.75, 3.05) is 24.8 Å². The van der Waals surface area contributed by atoms with Crippen molar-refractivity contribution in [2.45, 2.75) is 17.9 Å². The van der Waals surface area contributed by atoms with Crippen molar-refractivity contribution in [3.8, 4) is 0 Å². The number of carbonyl (C=O) groups is 3. The monoisotopic (exact) mass is 406 g/mol. The maximum atomic E-state index is 12.4. The third kappa shape index (κ3) is 4.32. The van der Waals surface area contributed by atoms with Gasteiger partial charge in [0.25, 0.3) is 5.91 Å². The molecule has 7 nitrogen and oxygen atoms in total. The summed E-state index contributed by atoms with van der Waals surface area (Å²) in [6.07, 6.45) is 0.598. The largest absolute Gasteiger partial charge is 0.465 e. The number of primary amides is 1. The zero-order valence-electron chi connectivity index (χ0n) is 14.6. The number of rotatable bonds is 6. The first-order valence-corrected chi connectivity index (χ1v) is 9.93. The van der Waals surface area contributed by atoms with Crippen molar-refractivity contribution in [3.05, 3.63) is 45.8 Å². The SMILES string of the molecule is COC(=O)c1ccccc1SCC(=O)Nc1sc2c(c1C(N)=O)CCOC2. The van der Waals surface area contributed by atoms with Crippen LogP contribution in [0.5, 0.6) is 0 Å². The van der Waals surface area contributed by atoms with Gasteiger partial charge in [0.15, 0.2) is 0 Å². The third-order valence-corrected chi connectivity index (χ3v) is 6.17. The number of thioether (sulfide) groups is 1. The molecule has 0 aliphatic carbocycles. The Morgan fingerprint density at radius 1 is 1.33 bits per heavy atom. The summed E-state index contributed by atoms with van der Waals surface area (Å²) in [7, 11) is 1.31. The van der Waals surface area contributed by atoms with E-state index in [1.165, 1.54) is 30.2 Å². The second-order valence-electron chi connectivity index (χ2n) is 5.70. The van der Waals surface area contributed by atoms with Crippen molar-refractivity contribution in [1.82, 2.24) is 0 Å². The molecule has 0 radical (unpaired) electrons. The molecule has 27 heavy (non-hydrogen) atoms. The van der Waals surface area contributed by atoms with Gasteiger partial charge >= 0.3 is 5.97 Å². The minimum atomic E-state index is -0.562. The van der Waals surface area contributed by atoms with Crippen LogP contribution in [-0.2, 0) is 27.3 Å². The second-order valence-corrected chi connectivity index (χ2v) is 7.82. The van der Waals surface area contributed by atoms with E-state index < -0.39 is 11.9 Å². The quantitative estimate of drug-likeness (QED) is 0.564. The number of amides is 2. The Labute approximate surface area is 164 Å². The van der Waals surface area contributed by atoms with E-state index in [1.54, 1.807) is 24.3 Å². The summed E-state index contributed by atoms with van der Waals surface area (Å²) < 4.78 is 10.2. The standard InChI is InChI=1S/C18H18N2O5S2/c1-24-18(23)11-4-2-3-5-12(11)26-9-14(21)20-17-15(16(19)22)10-6-7-25-8-13(10)27-17/h2-5H,6-9H2,1H3,(H2,19,22)(H,20,21). The van der Waals surface area contributed by atoms with Crippen LogP contribution in [0.1, 0.15) is 31.2 Å². The fourth-order valence-electron chi connectivity index (χ4n) is 2.76. The topological polar surface area (TPSA) is 108 Å². The number of nitrogens with two attached hydrogens (primary N) is 1. The van der Waals surface area contributed by atoms with Crippen LogP contribution in [-0.4, -0.2) is 37.3 Å². The van der Waals surface area contributed by atoms with E-state index in [-0.39, 0.29) is 11.7 Å². The van der Waals surface area contributed by atoms with Crippen molar-refractivity contribution in [1.29, 1.82) is 0 Å². The Kier molecular flexibility index (Phi) is 6.15. The van der Waals surface area contributed by atoms with Gasteiger partial charge in [0, 0.05) is 9.77 Å². The number of hydrogen-bond acceptors (Lipinski definition) is 7. The molecule has 0 saturated carbocycles. The number of benzene rings is 1. The van der Waals surface area contributed by atoms with Gasteiger partial charge < -0.3 is 20.5 Å². The van der Waals surface area contributed by atoms with E-state index in [0.29, 0.717) is 40.7 Å². The lowest BCUT2D eigenvalue weighted by atomic mass is 10.1. The summed E-state index contributed by atoms with van der Waals surface area (Å²) in [5.41, 5.74) is 7.14. The Balaban J connectivity index is 1.72. The third-order valence-electron chi connectivity index (χ3n) is 3.97. The maximum absolute atomic E-state index is 12.4. The molecule has 2 aromatic rings. The van der Waals surface area contributed by atoms with Crippen molar-refractivity contribution in [2.24, 2.45) is 5.73 Å². The number of esters is 1. The van der Waals surface area contributed by atoms with Crippen LogP contribution in [0.25, 0.3) is 0 Å². The highest BCUT2D eigenvalue weighted by Crippen LogP contribution is 2.36. The molecule has 0 fully saturated rings. The van der Waals surface area contributed by atoms with Gasteiger partial charge in [0.2, 0.25) is 5.91 Å². The summed E-state index contributed by atoms with van der Waals surface area (Å²) >= 11 is 2.53. The predicted molar refractivity (Wildman–Crippen MR) is 103 cm³/mol. The molecule has 2 amide bonds. The van der Waals surface area contributed by atoms with Gasteiger partial charge in [-0.3, -0.25) is 9.59 Å². The number of nitrogens with one attached hydrogen (secondary N) is 1. The average molecular weight is 406 g/mol. The Bertz CT molecular complexity index is 894. The molecule has 3 N–H and O–H groups in total. The average Bonchev–Trinajstić information content (AvgIpc) is 3.03. The van der Waals surface area contributed by atoms with Gasteiger partial charge in [-0.25, -0.2) is 4.79 Å². The highest BCUT2D eigenvalue weighted by Gasteiger charge is 2.25. The number of fused-ring (bicyclic) bond motifs is 1. The predicted octanol–water partition coefficient (Wildman–Crippen LogP) is 2.44. The number of thiophene rings is 1. The van der Waals surface area contributed by atoms with Gasteiger partial charge in [0.05, 0.1) is 37.2 Å². The van der Waals surface area contributed by atoms with Gasteiger partial charge in [-0.2, -0.15) is 0 Å². The van der Waals surface area contributed by atoms with Crippen LogP contribution in [0.4, 0.5) is 5.00 Å². The molecule has 0 bridgehead atoms. The van der Waals surface area contributed by atoms with Crippen molar-refractivity contribution in [3.63, 3.8) is 0 Å². The van der Waals surface area contributed by atoms with Crippen LogP contribution in [0.15, 0.2) is 29.2 Å². The molecular weight excluding hydrogens is 388 g/mol. The highest BCUT2D eigenvalue weighted by molar-refractivity contribution is 8.00. The lowest BCUT2D eigenvalue weighted by Gasteiger charge is -2.12. The fraction of sp³-hybridized carbons (Fsp3) is 0.278. The van der Waals surface area contributed by atoms with Gasteiger partial charge in [-0.1, -0.05) is 12.1 Å². The van der Waals surface area contributed by atoms with Gasteiger partial charge in [-0.15, -0.1) is 23.1 Å². The molecule has 0 spiro atoms. The molecule has 1 aliphatic rings. The van der Waals surface area contributed by atoms with E-state index in [2.05, 4.69) is 5.32 Å². The van der Waals surface area contributed by atoms with Crippen molar-refractivity contribution >= 4 is 45.9 Å². The van der Waals surface area contributed by atoms with Crippen LogP contribution in [0.3, 0.4) is 0 Å². The molecule has 0 unspecified atom stereocenters. The normalized spacial score (nSPS) is 12.9. The molecular formula is C18H18N2O5S2. The molecule has 0 atom stereocenters. The number of anilines is 1.